The van der Waals surface area contributed by atoms with Gasteiger partial charge >= 0.3 is 5.97 Å². The number of rotatable bonds is 14. The molecule has 0 unspecified atom stereocenters. The average molecular weight is 423 g/mol. The zero-order valence-corrected chi connectivity index (χ0v) is 19.2. The third-order valence-corrected chi connectivity index (χ3v) is 5.70. The SMILES string of the molecule is CC/C=C\CC/C=C/C=C\C=C\[C@H](CCOc1ccc(CC(=O)OC)cc1)C1CCC1. The number of hydrogen-bond acceptors (Lipinski definition) is 3. The Hall–Kier alpha value is -2.55. The zero-order valence-electron chi connectivity index (χ0n) is 19.2. The number of ether oxygens (including phenoxy) is 2. The topological polar surface area (TPSA) is 35.5 Å². The molecule has 0 aromatic heterocycles. The monoisotopic (exact) mass is 422 g/mol. The van der Waals surface area contributed by atoms with Crippen LogP contribution in [0.15, 0.2) is 72.9 Å². The summed E-state index contributed by atoms with van der Waals surface area (Å²) >= 11 is 0. The van der Waals surface area contributed by atoms with Gasteiger partial charge in [-0.2, -0.15) is 0 Å². The molecule has 1 aliphatic rings. The second-order valence-electron chi connectivity index (χ2n) is 8.04. The van der Waals surface area contributed by atoms with Crippen molar-refractivity contribution in [1.29, 1.82) is 0 Å². The zero-order chi connectivity index (χ0) is 22.2. The quantitative estimate of drug-likeness (QED) is 0.140. The Kier molecular flexibility index (Phi) is 12.2. The Labute approximate surface area is 188 Å². The first kappa shape index (κ1) is 24.7. The first-order valence-corrected chi connectivity index (χ1v) is 11.7. The summed E-state index contributed by atoms with van der Waals surface area (Å²) in [6.45, 7) is 2.87. The molecule has 0 amide bonds. The Morgan fingerprint density at radius 3 is 2.45 bits per heavy atom. The van der Waals surface area contributed by atoms with E-state index in [0.29, 0.717) is 18.9 Å². The van der Waals surface area contributed by atoms with Crippen molar-refractivity contribution in [2.24, 2.45) is 11.8 Å². The fourth-order valence-electron chi connectivity index (χ4n) is 3.60. The van der Waals surface area contributed by atoms with Gasteiger partial charge in [-0.3, -0.25) is 4.79 Å². The summed E-state index contributed by atoms with van der Waals surface area (Å²) < 4.78 is 10.7. The lowest BCUT2D eigenvalue weighted by Gasteiger charge is -2.32. The number of methoxy groups -OCH3 is 1. The maximum Gasteiger partial charge on any atom is 0.309 e. The maximum atomic E-state index is 11.3. The van der Waals surface area contributed by atoms with E-state index in [1.54, 1.807) is 0 Å². The molecule has 0 aliphatic heterocycles. The first-order valence-electron chi connectivity index (χ1n) is 11.7. The van der Waals surface area contributed by atoms with Gasteiger partial charge in [0.2, 0.25) is 0 Å². The Balaban J connectivity index is 1.73. The Bertz CT molecular complexity index is 736. The summed E-state index contributed by atoms with van der Waals surface area (Å²) in [6.07, 6.45) is 26.2. The third-order valence-electron chi connectivity index (χ3n) is 5.70. The molecule has 1 aliphatic carbocycles. The van der Waals surface area contributed by atoms with Gasteiger partial charge < -0.3 is 9.47 Å². The molecule has 1 saturated carbocycles. The summed E-state index contributed by atoms with van der Waals surface area (Å²) in [4.78, 5) is 11.3. The van der Waals surface area contributed by atoms with Gasteiger partial charge in [0, 0.05) is 0 Å². The van der Waals surface area contributed by atoms with Crippen molar-refractivity contribution < 1.29 is 14.3 Å². The summed E-state index contributed by atoms with van der Waals surface area (Å²) in [5, 5.41) is 0. The highest BCUT2D eigenvalue weighted by Crippen LogP contribution is 2.36. The molecule has 3 nitrogen and oxygen atoms in total. The molecule has 0 spiro atoms. The lowest BCUT2D eigenvalue weighted by molar-refractivity contribution is -0.139. The minimum atomic E-state index is -0.225. The molecule has 3 heteroatoms. The van der Waals surface area contributed by atoms with Gasteiger partial charge in [-0.1, -0.05) is 74.1 Å². The van der Waals surface area contributed by atoms with Crippen LogP contribution >= 0.6 is 0 Å². The van der Waals surface area contributed by atoms with Gasteiger partial charge in [0.1, 0.15) is 5.75 Å². The number of esters is 1. The highest BCUT2D eigenvalue weighted by molar-refractivity contribution is 5.72. The standard InChI is InChI=1S/C28H38O3/c1-3-4-5-6-7-8-9-10-11-12-14-26(25-15-13-16-25)21-22-31-27-19-17-24(18-20-27)23-28(29)30-2/h4-5,8-12,14,17-20,25-26H,3,6-7,13,15-16,21-23H2,1-2H3/b5-4-,9-8+,11-10-,14-12+/t26-/m1/s1. The molecule has 2 rings (SSSR count). The van der Waals surface area contributed by atoms with Crippen LogP contribution in [0, 0.1) is 11.8 Å². The van der Waals surface area contributed by atoms with Crippen molar-refractivity contribution in [3.63, 3.8) is 0 Å². The minimum Gasteiger partial charge on any atom is -0.494 e. The lowest BCUT2D eigenvalue weighted by atomic mass is 9.74. The van der Waals surface area contributed by atoms with Crippen LogP contribution in [0.4, 0.5) is 0 Å². The van der Waals surface area contributed by atoms with Gasteiger partial charge in [-0.15, -0.1) is 0 Å². The molecule has 31 heavy (non-hydrogen) atoms. The predicted molar refractivity (Wildman–Crippen MR) is 129 cm³/mol. The maximum absolute atomic E-state index is 11.3. The van der Waals surface area contributed by atoms with Crippen molar-refractivity contribution >= 4 is 5.97 Å². The largest absolute Gasteiger partial charge is 0.494 e. The summed E-state index contributed by atoms with van der Waals surface area (Å²) in [5.74, 6) is 1.98. The fourth-order valence-corrected chi connectivity index (χ4v) is 3.60. The van der Waals surface area contributed by atoms with E-state index in [1.165, 1.54) is 26.4 Å². The fraction of sp³-hybridized carbons (Fsp3) is 0.464. The molecule has 1 aromatic rings. The molecule has 0 heterocycles. The van der Waals surface area contributed by atoms with E-state index in [0.717, 1.165) is 42.9 Å². The van der Waals surface area contributed by atoms with Crippen LogP contribution in [0.2, 0.25) is 0 Å². The molecule has 1 aromatic carbocycles. The number of hydrogen-bond donors (Lipinski definition) is 0. The van der Waals surface area contributed by atoms with Gasteiger partial charge in [0.25, 0.3) is 0 Å². The van der Waals surface area contributed by atoms with Crippen molar-refractivity contribution in [3.8, 4) is 5.75 Å². The smallest absolute Gasteiger partial charge is 0.309 e. The summed E-state index contributed by atoms with van der Waals surface area (Å²) in [5.41, 5.74) is 0.938. The number of unbranched alkanes of at least 4 members (excludes halogenated alkanes) is 1. The number of carbonyl (C=O) groups is 1. The van der Waals surface area contributed by atoms with Crippen LogP contribution in [0.3, 0.4) is 0 Å². The second-order valence-corrected chi connectivity index (χ2v) is 8.04. The molecular formula is C28H38O3. The van der Waals surface area contributed by atoms with Crippen LogP contribution in [0.5, 0.6) is 5.75 Å². The van der Waals surface area contributed by atoms with E-state index < -0.39 is 0 Å². The highest BCUT2D eigenvalue weighted by Gasteiger charge is 2.25. The molecule has 1 atom stereocenters. The molecular weight excluding hydrogens is 384 g/mol. The predicted octanol–water partition coefficient (Wildman–Crippen LogP) is 7.00. The van der Waals surface area contributed by atoms with Crippen LogP contribution < -0.4 is 4.74 Å². The van der Waals surface area contributed by atoms with E-state index in [-0.39, 0.29) is 5.97 Å². The van der Waals surface area contributed by atoms with E-state index >= 15 is 0 Å². The Morgan fingerprint density at radius 1 is 1.03 bits per heavy atom. The van der Waals surface area contributed by atoms with E-state index in [1.807, 2.05) is 24.3 Å². The lowest BCUT2D eigenvalue weighted by Crippen LogP contribution is -2.22. The highest BCUT2D eigenvalue weighted by atomic mass is 16.5. The van der Waals surface area contributed by atoms with Crippen molar-refractivity contribution in [3.05, 3.63) is 78.4 Å². The van der Waals surface area contributed by atoms with Crippen molar-refractivity contribution in [1.82, 2.24) is 0 Å². The average Bonchev–Trinajstić information content (AvgIpc) is 2.74. The van der Waals surface area contributed by atoms with Gasteiger partial charge in [0.05, 0.1) is 20.1 Å². The molecule has 0 bridgehead atoms. The molecule has 0 N–H and O–H groups in total. The van der Waals surface area contributed by atoms with Crippen LogP contribution in [0.25, 0.3) is 0 Å². The van der Waals surface area contributed by atoms with Crippen LogP contribution in [-0.2, 0) is 16.0 Å². The van der Waals surface area contributed by atoms with Gasteiger partial charge in [0.15, 0.2) is 0 Å². The van der Waals surface area contributed by atoms with E-state index in [9.17, 15) is 4.79 Å². The molecule has 0 saturated heterocycles. The number of benzene rings is 1. The van der Waals surface area contributed by atoms with Gasteiger partial charge in [-0.25, -0.2) is 0 Å². The third kappa shape index (κ3) is 10.3. The van der Waals surface area contributed by atoms with Crippen LogP contribution in [-0.4, -0.2) is 19.7 Å². The van der Waals surface area contributed by atoms with Crippen molar-refractivity contribution in [2.45, 2.75) is 58.3 Å². The Morgan fingerprint density at radius 2 is 1.77 bits per heavy atom. The second kappa shape index (κ2) is 15.3. The van der Waals surface area contributed by atoms with Crippen molar-refractivity contribution in [2.75, 3.05) is 13.7 Å². The summed E-state index contributed by atoms with van der Waals surface area (Å²) in [6, 6.07) is 7.71. The van der Waals surface area contributed by atoms with Crippen LogP contribution in [0.1, 0.15) is 57.4 Å². The molecule has 168 valence electrons. The van der Waals surface area contributed by atoms with Gasteiger partial charge in [-0.05, 0) is 68.1 Å². The molecule has 1 fully saturated rings. The first-order chi connectivity index (χ1) is 15.2. The summed E-state index contributed by atoms with van der Waals surface area (Å²) in [7, 11) is 1.41. The number of allylic oxidation sites excluding steroid dienone is 8. The normalized spacial score (nSPS) is 15.8. The van der Waals surface area contributed by atoms with E-state index in [4.69, 9.17) is 9.47 Å². The number of carbonyl (C=O) groups excluding carboxylic acids is 1. The van der Waals surface area contributed by atoms with E-state index in [2.05, 4.69) is 55.5 Å². The minimum absolute atomic E-state index is 0.225. The molecule has 0 radical (unpaired) electrons.